The van der Waals surface area contributed by atoms with E-state index in [-0.39, 0.29) is 17.5 Å². The van der Waals surface area contributed by atoms with E-state index in [2.05, 4.69) is 15.9 Å². The number of nitrogens with zero attached hydrogens (tertiary/aromatic N) is 1. The smallest absolute Gasteiger partial charge is 0.334 e. The highest BCUT2D eigenvalue weighted by atomic mass is 79.9. The second-order valence-electron chi connectivity index (χ2n) is 5.42. The molecule has 1 aliphatic rings. The maximum Gasteiger partial charge on any atom is 0.383 e. The number of ketones is 1. The Morgan fingerprint density at radius 2 is 1.76 bits per heavy atom. The average molecular weight is 376 g/mol. The summed E-state index contributed by atoms with van der Waals surface area (Å²) in [5.74, 6) is -6.88. The third kappa shape index (κ3) is 3.96. The van der Waals surface area contributed by atoms with Gasteiger partial charge in [-0.3, -0.25) is 9.59 Å². The van der Waals surface area contributed by atoms with E-state index in [4.69, 9.17) is 0 Å². The van der Waals surface area contributed by atoms with Crippen molar-refractivity contribution >= 4 is 27.6 Å². The van der Waals surface area contributed by atoms with E-state index in [1.54, 1.807) is 0 Å². The molecule has 1 amide bonds. The summed E-state index contributed by atoms with van der Waals surface area (Å²) in [5, 5.41) is 0.0437. The number of carbonyl (C=O) groups is 2. The molecule has 0 bridgehead atoms. The van der Waals surface area contributed by atoms with Crippen LogP contribution in [-0.4, -0.2) is 46.9 Å². The first kappa shape index (κ1) is 18.4. The minimum absolute atomic E-state index is 0.0437. The molecule has 0 radical (unpaired) electrons. The zero-order chi connectivity index (χ0) is 16.3. The molecule has 21 heavy (non-hydrogen) atoms. The number of halogens is 5. The summed E-state index contributed by atoms with van der Waals surface area (Å²) in [7, 11) is 1.09. The van der Waals surface area contributed by atoms with Crippen molar-refractivity contribution in [2.75, 3.05) is 12.4 Å². The van der Waals surface area contributed by atoms with Gasteiger partial charge in [-0.15, -0.1) is 0 Å². The summed E-state index contributed by atoms with van der Waals surface area (Å²) in [5.41, 5.74) is -1.08. The van der Waals surface area contributed by atoms with Crippen molar-refractivity contribution in [2.24, 2.45) is 0 Å². The first-order chi connectivity index (χ1) is 9.67. The first-order valence-corrected chi connectivity index (χ1v) is 7.81. The van der Waals surface area contributed by atoms with Gasteiger partial charge in [-0.25, -0.2) is 8.78 Å². The standard InChI is InChI=1S/C13H18BrF4NO2/c1-19(11(21)13(17,18)10(15)16)12(7-9(20)8-14)5-3-2-4-6-12/h10H,2-8H2,1H3. The molecule has 0 saturated heterocycles. The second-order valence-corrected chi connectivity index (χ2v) is 5.98. The molecule has 8 heteroatoms. The molecule has 0 N–H and O–H groups in total. The number of amides is 1. The zero-order valence-electron chi connectivity index (χ0n) is 11.7. The molecule has 1 saturated carbocycles. The second kappa shape index (κ2) is 7.07. The third-order valence-corrected chi connectivity index (χ3v) is 4.66. The Labute approximate surface area is 129 Å². The van der Waals surface area contributed by atoms with Crippen molar-refractivity contribution < 1.29 is 27.2 Å². The first-order valence-electron chi connectivity index (χ1n) is 6.69. The lowest BCUT2D eigenvalue weighted by Crippen LogP contribution is -2.58. The SMILES string of the molecule is CN(C(=O)C(F)(F)C(F)F)C1(CC(=O)CBr)CCCCC1. The molecule has 1 aliphatic carbocycles. The van der Waals surface area contributed by atoms with E-state index >= 15 is 0 Å². The summed E-state index contributed by atoms with van der Waals surface area (Å²) >= 11 is 2.99. The molecule has 0 spiro atoms. The van der Waals surface area contributed by atoms with Gasteiger partial charge in [0.25, 0.3) is 5.91 Å². The highest BCUT2D eigenvalue weighted by Crippen LogP contribution is 2.38. The third-order valence-electron chi connectivity index (χ3n) is 4.03. The Balaban J connectivity index is 3.02. The van der Waals surface area contributed by atoms with Crippen LogP contribution in [0.2, 0.25) is 0 Å². The van der Waals surface area contributed by atoms with Crippen LogP contribution in [0.25, 0.3) is 0 Å². The molecule has 0 aliphatic heterocycles. The molecule has 0 unspecified atom stereocenters. The molecule has 3 nitrogen and oxygen atoms in total. The predicted octanol–water partition coefficient (Wildman–Crippen LogP) is 3.40. The van der Waals surface area contributed by atoms with Crippen LogP contribution in [0.5, 0.6) is 0 Å². The Hall–Kier alpha value is -0.660. The van der Waals surface area contributed by atoms with Crippen molar-refractivity contribution in [3.8, 4) is 0 Å². The number of carbonyl (C=O) groups excluding carboxylic acids is 2. The Bertz CT molecular complexity index is 398. The Morgan fingerprint density at radius 3 is 2.19 bits per heavy atom. The molecule has 122 valence electrons. The van der Waals surface area contributed by atoms with E-state index in [9.17, 15) is 27.2 Å². The zero-order valence-corrected chi connectivity index (χ0v) is 13.3. The van der Waals surface area contributed by atoms with Gasteiger partial charge >= 0.3 is 12.3 Å². The van der Waals surface area contributed by atoms with Crippen molar-refractivity contribution in [1.29, 1.82) is 0 Å². The van der Waals surface area contributed by atoms with Gasteiger partial charge in [0.1, 0.15) is 5.78 Å². The van der Waals surface area contributed by atoms with Crippen LogP contribution in [0, 0.1) is 0 Å². The van der Waals surface area contributed by atoms with Gasteiger partial charge in [0.05, 0.1) is 5.33 Å². The number of rotatable bonds is 6. The summed E-state index contributed by atoms with van der Waals surface area (Å²) in [6, 6.07) is 0. The van der Waals surface area contributed by atoms with Gasteiger partial charge in [0.2, 0.25) is 0 Å². The van der Waals surface area contributed by atoms with Crippen LogP contribution < -0.4 is 0 Å². The average Bonchev–Trinajstić information content (AvgIpc) is 2.46. The fourth-order valence-electron chi connectivity index (χ4n) is 2.79. The van der Waals surface area contributed by atoms with Crippen LogP contribution in [0.3, 0.4) is 0 Å². The molecule has 1 rings (SSSR count). The quantitative estimate of drug-likeness (QED) is 0.527. The van der Waals surface area contributed by atoms with Gasteiger partial charge in [0.15, 0.2) is 0 Å². The van der Waals surface area contributed by atoms with Crippen LogP contribution in [-0.2, 0) is 9.59 Å². The Kier molecular flexibility index (Phi) is 6.19. The van der Waals surface area contributed by atoms with Crippen LogP contribution >= 0.6 is 15.9 Å². The van der Waals surface area contributed by atoms with Crippen molar-refractivity contribution in [3.05, 3.63) is 0 Å². The minimum Gasteiger partial charge on any atom is -0.334 e. The van der Waals surface area contributed by atoms with Crippen molar-refractivity contribution in [2.45, 2.75) is 56.4 Å². The van der Waals surface area contributed by atoms with Crippen LogP contribution in [0.1, 0.15) is 38.5 Å². The number of hydrogen-bond acceptors (Lipinski definition) is 2. The molecule has 0 aromatic rings. The largest absolute Gasteiger partial charge is 0.383 e. The van der Waals surface area contributed by atoms with Gasteiger partial charge in [-0.2, -0.15) is 8.78 Å². The van der Waals surface area contributed by atoms with Gasteiger partial charge in [0, 0.05) is 19.0 Å². The number of Topliss-reactive ketones (excluding diaryl/α,β-unsaturated/α-hetero) is 1. The van der Waals surface area contributed by atoms with Gasteiger partial charge < -0.3 is 4.90 Å². The van der Waals surface area contributed by atoms with E-state index in [1.807, 2.05) is 0 Å². The minimum atomic E-state index is -4.73. The summed E-state index contributed by atoms with van der Waals surface area (Å²) in [4.78, 5) is 24.1. The number of hydrogen-bond donors (Lipinski definition) is 0. The molecular formula is C13H18BrF4NO2. The highest BCUT2D eigenvalue weighted by Gasteiger charge is 2.54. The summed E-state index contributed by atoms with van der Waals surface area (Å²) < 4.78 is 51.3. The van der Waals surface area contributed by atoms with Crippen LogP contribution in [0.4, 0.5) is 17.6 Å². The summed E-state index contributed by atoms with van der Waals surface area (Å²) in [6.45, 7) is 0. The predicted molar refractivity (Wildman–Crippen MR) is 73.0 cm³/mol. The van der Waals surface area contributed by atoms with E-state index in [1.165, 1.54) is 0 Å². The lowest BCUT2D eigenvalue weighted by molar-refractivity contribution is -0.186. The molecular weight excluding hydrogens is 358 g/mol. The Morgan fingerprint density at radius 1 is 1.24 bits per heavy atom. The normalized spacial score (nSPS) is 18.6. The maximum atomic E-state index is 13.3. The number of alkyl halides is 5. The molecule has 0 atom stereocenters. The van der Waals surface area contributed by atoms with Crippen LogP contribution in [0.15, 0.2) is 0 Å². The van der Waals surface area contributed by atoms with Crippen molar-refractivity contribution in [1.82, 2.24) is 4.90 Å². The van der Waals surface area contributed by atoms with E-state index in [0.29, 0.717) is 30.6 Å². The van der Waals surface area contributed by atoms with E-state index < -0.39 is 23.8 Å². The van der Waals surface area contributed by atoms with Gasteiger partial charge in [-0.05, 0) is 12.8 Å². The topological polar surface area (TPSA) is 37.4 Å². The lowest BCUT2D eigenvalue weighted by Gasteiger charge is -2.45. The highest BCUT2D eigenvalue weighted by molar-refractivity contribution is 9.09. The summed E-state index contributed by atoms with van der Waals surface area (Å²) in [6.07, 6.45) is -1.20. The molecule has 0 heterocycles. The fourth-order valence-corrected chi connectivity index (χ4v) is 2.99. The van der Waals surface area contributed by atoms with E-state index in [0.717, 1.165) is 13.5 Å². The van der Waals surface area contributed by atoms with Gasteiger partial charge in [-0.1, -0.05) is 35.2 Å². The fraction of sp³-hybridized carbons (Fsp3) is 0.846. The molecule has 0 aromatic carbocycles. The molecule has 1 fully saturated rings. The molecule has 0 aromatic heterocycles. The van der Waals surface area contributed by atoms with Crippen molar-refractivity contribution in [3.63, 3.8) is 0 Å². The monoisotopic (exact) mass is 375 g/mol. The lowest BCUT2D eigenvalue weighted by atomic mass is 9.77. The maximum absolute atomic E-state index is 13.3.